The molecule has 11 heavy (non-hydrogen) atoms. The molecule has 0 aliphatic rings. The summed E-state index contributed by atoms with van der Waals surface area (Å²) in [5, 5.41) is 12.5. The largest absolute Gasteiger partial charge is 0.269 e. The molecule has 1 heterocycles. The summed E-state index contributed by atoms with van der Waals surface area (Å²) in [5.41, 5.74) is 2.14. The van der Waals surface area contributed by atoms with Gasteiger partial charge in [0.25, 0.3) is 0 Å². The Morgan fingerprint density at radius 1 is 1.64 bits per heavy atom. The normalized spacial score (nSPS) is 9.55. The molecule has 0 atom stereocenters. The van der Waals surface area contributed by atoms with E-state index in [0.717, 1.165) is 11.4 Å². The maximum absolute atomic E-state index is 8.33. The molecule has 3 heteroatoms. The Hall–Kier alpha value is -1.30. The van der Waals surface area contributed by atoms with Crippen LogP contribution in [0.15, 0.2) is 6.07 Å². The lowest BCUT2D eigenvalue weighted by molar-refractivity contribution is 0.605. The Morgan fingerprint density at radius 3 is 2.82 bits per heavy atom. The van der Waals surface area contributed by atoms with E-state index in [9.17, 15) is 0 Å². The van der Waals surface area contributed by atoms with Crippen LogP contribution < -0.4 is 0 Å². The van der Waals surface area contributed by atoms with Gasteiger partial charge in [-0.25, -0.2) is 0 Å². The summed E-state index contributed by atoms with van der Waals surface area (Å²) in [6.45, 7) is 4.66. The van der Waals surface area contributed by atoms with Gasteiger partial charge < -0.3 is 0 Å². The van der Waals surface area contributed by atoms with Gasteiger partial charge in [-0.2, -0.15) is 10.4 Å². The summed E-state index contributed by atoms with van der Waals surface area (Å²) < 4.78 is 1.86. The van der Waals surface area contributed by atoms with Crippen LogP contribution in [0.25, 0.3) is 0 Å². The van der Waals surface area contributed by atoms with E-state index in [1.54, 1.807) is 0 Å². The van der Waals surface area contributed by atoms with Gasteiger partial charge in [-0.05, 0) is 19.9 Å². The van der Waals surface area contributed by atoms with E-state index in [2.05, 4.69) is 11.2 Å². The lowest BCUT2D eigenvalue weighted by Gasteiger charge is -1.97. The predicted molar refractivity (Wildman–Crippen MR) is 41.9 cm³/mol. The van der Waals surface area contributed by atoms with Crippen LogP contribution in [0.2, 0.25) is 0 Å². The molecule has 58 valence electrons. The van der Waals surface area contributed by atoms with Crippen molar-refractivity contribution >= 4 is 0 Å². The zero-order valence-corrected chi connectivity index (χ0v) is 6.83. The first-order chi connectivity index (χ1) is 5.24. The Labute approximate surface area is 66.3 Å². The molecule has 0 spiro atoms. The molecule has 1 aromatic heterocycles. The Balaban J connectivity index is 2.71. The van der Waals surface area contributed by atoms with Crippen molar-refractivity contribution in [1.82, 2.24) is 9.78 Å². The zero-order valence-electron chi connectivity index (χ0n) is 6.83. The standard InChI is InChI=1S/C8H11N3/c1-7-6-8(2)11(10-7)5-3-4-9/h6H,3,5H2,1-2H3. The molecular weight excluding hydrogens is 138 g/mol. The number of aryl methyl sites for hydroxylation is 3. The summed E-state index contributed by atoms with van der Waals surface area (Å²) >= 11 is 0. The molecule has 0 saturated carbocycles. The van der Waals surface area contributed by atoms with E-state index in [4.69, 9.17) is 5.26 Å². The van der Waals surface area contributed by atoms with Gasteiger partial charge in [-0.15, -0.1) is 0 Å². The maximum Gasteiger partial charge on any atom is 0.0641 e. The molecule has 0 N–H and O–H groups in total. The lowest BCUT2D eigenvalue weighted by atomic mass is 10.4. The van der Waals surface area contributed by atoms with Crippen LogP contribution >= 0.6 is 0 Å². The van der Waals surface area contributed by atoms with Gasteiger partial charge in [-0.3, -0.25) is 4.68 Å². The Bertz CT molecular complexity index is 280. The number of hydrogen-bond donors (Lipinski definition) is 0. The van der Waals surface area contributed by atoms with Gasteiger partial charge in [0, 0.05) is 5.69 Å². The highest BCUT2D eigenvalue weighted by atomic mass is 15.3. The molecule has 0 amide bonds. The topological polar surface area (TPSA) is 41.6 Å². The van der Waals surface area contributed by atoms with Crippen LogP contribution in [0, 0.1) is 25.2 Å². The van der Waals surface area contributed by atoms with Gasteiger partial charge >= 0.3 is 0 Å². The summed E-state index contributed by atoms with van der Waals surface area (Å²) in [4.78, 5) is 0. The van der Waals surface area contributed by atoms with Crippen molar-refractivity contribution in [3.63, 3.8) is 0 Å². The van der Waals surface area contributed by atoms with E-state index < -0.39 is 0 Å². The molecular formula is C8H11N3. The van der Waals surface area contributed by atoms with E-state index in [1.807, 2.05) is 24.6 Å². The van der Waals surface area contributed by atoms with E-state index in [1.165, 1.54) is 0 Å². The second-order valence-electron chi connectivity index (χ2n) is 2.56. The van der Waals surface area contributed by atoms with Gasteiger partial charge in [0.05, 0.1) is 24.7 Å². The van der Waals surface area contributed by atoms with Crippen molar-refractivity contribution < 1.29 is 0 Å². The highest BCUT2D eigenvalue weighted by Crippen LogP contribution is 2.01. The van der Waals surface area contributed by atoms with Gasteiger partial charge in [0.15, 0.2) is 0 Å². The Kier molecular flexibility index (Phi) is 2.27. The summed E-state index contributed by atoms with van der Waals surface area (Å²) in [6.07, 6.45) is 0.530. The van der Waals surface area contributed by atoms with Crippen LogP contribution in [0.4, 0.5) is 0 Å². The van der Waals surface area contributed by atoms with Gasteiger partial charge in [0.2, 0.25) is 0 Å². The third kappa shape index (κ3) is 1.81. The van der Waals surface area contributed by atoms with Gasteiger partial charge in [0.1, 0.15) is 0 Å². The number of rotatable bonds is 2. The summed E-state index contributed by atoms with van der Waals surface area (Å²) in [5.74, 6) is 0. The first kappa shape index (κ1) is 7.80. The quantitative estimate of drug-likeness (QED) is 0.638. The fourth-order valence-electron chi connectivity index (χ4n) is 1.06. The summed E-state index contributed by atoms with van der Waals surface area (Å²) in [7, 11) is 0. The SMILES string of the molecule is Cc1cc(C)n(CCC#N)n1. The summed E-state index contributed by atoms with van der Waals surface area (Å²) in [6, 6.07) is 4.10. The predicted octanol–water partition coefficient (Wildman–Crippen LogP) is 1.41. The van der Waals surface area contributed by atoms with Crippen molar-refractivity contribution in [3.8, 4) is 6.07 Å². The van der Waals surface area contributed by atoms with Crippen LogP contribution in [0.1, 0.15) is 17.8 Å². The first-order valence-electron chi connectivity index (χ1n) is 3.62. The minimum absolute atomic E-state index is 0.530. The molecule has 0 aromatic carbocycles. The highest BCUT2D eigenvalue weighted by Gasteiger charge is 1.98. The average molecular weight is 149 g/mol. The molecule has 0 saturated heterocycles. The van der Waals surface area contributed by atoms with E-state index in [-0.39, 0.29) is 0 Å². The first-order valence-corrected chi connectivity index (χ1v) is 3.62. The van der Waals surface area contributed by atoms with Crippen LogP contribution in [0.3, 0.4) is 0 Å². The second-order valence-corrected chi connectivity index (χ2v) is 2.56. The van der Waals surface area contributed by atoms with Crippen LogP contribution in [-0.2, 0) is 6.54 Å². The van der Waals surface area contributed by atoms with E-state index in [0.29, 0.717) is 13.0 Å². The molecule has 1 rings (SSSR count). The lowest BCUT2D eigenvalue weighted by Crippen LogP contribution is -2.01. The third-order valence-corrected chi connectivity index (χ3v) is 1.54. The zero-order chi connectivity index (χ0) is 8.27. The molecule has 0 unspecified atom stereocenters. The minimum atomic E-state index is 0.530. The fraction of sp³-hybridized carbons (Fsp3) is 0.500. The van der Waals surface area contributed by atoms with Crippen LogP contribution in [-0.4, -0.2) is 9.78 Å². The molecule has 0 fully saturated rings. The number of aromatic nitrogens is 2. The van der Waals surface area contributed by atoms with Crippen molar-refractivity contribution in [1.29, 1.82) is 5.26 Å². The number of nitrogens with zero attached hydrogens (tertiary/aromatic N) is 3. The molecule has 0 bridgehead atoms. The fourth-order valence-corrected chi connectivity index (χ4v) is 1.06. The highest BCUT2D eigenvalue weighted by molar-refractivity contribution is 5.06. The van der Waals surface area contributed by atoms with Crippen molar-refractivity contribution in [2.75, 3.05) is 0 Å². The molecule has 0 radical (unpaired) electrons. The van der Waals surface area contributed by atoms with Gasteiger partial charge in [-0.1, -0.05) is 0 Å². The number of nitriles is 1. The average Bonchev–Trinajstić information content (AvgIpc) is 2.26. The number of hydrogen-bond acceptors (Lipinski definition) is 2. The third-order valence-electron chi connectivity index (χ3n) is 1.54. The monoisotopic (exact) mass is 149 g/mol. The van der Waals surface area contributed by atoms with Crippen molar-refractivity contribution in [2.45, 2.75) is 26.8 Å². The molecule has 1 aromatic rings. The molecule has 0 aliphatic carbocycles. The molecule has 3 nitrogen and oxygen atoms in total. The molecule has 0 aliphatic heterocycles. The minimum Gasteiger partial charge on any atom is -0.269 e. The van der Waals surface area contributed by atoms with Crippen molar-refractivity contribution in [2.24, 2.45) is 0 Å². The van der Waals surface area contributed by atoms with E-state index >= 15 is 0 Å². The second kappa shape index (κ2) is 3.20. The Morgan fingerprint density at radius 2 is 2.36 bits per heavy atom. The smallest absolute Gasteiger partial charge is 0.0641 e. The van der Waals surface area contributed by atoms with Crippen LogP contribution in [0.5, 0.6) is 0 Å². The maximum atomic E-state index is 8.33. The van der Waals surface area contributed by atoms with Crippen molar-refractivity contribution in [3.05, 3.63) is 17.5 Å².